The van der Waals surface area contributed by atoms with Crippen molar-refractivity contribution in [2.24, 2.45) is 17.8 Å². The minimum Gasteiger partial charge on any atom is -0.375 e. The fourth-order valence-electron chi connectivity index (χ4n) is 4.19. The van der Waals surface area contributed by atoms with Crippen molar-refractivity contribution in [2.45, 2.75) is 51.0 Å². The van der Waals surface area contributed by atoms with Crippen LogP contribution in [-0.2, 0) is 4.74 Å². The van der Waals surface area contributed by atoms with Gasteiger partial charge in [-0.2, -0.15) is 0 Å². The first-order valence-electron chi connectivity index (χ1n) is 6.28. The molecule has 4 rings (SSSR count). The molecule has 1 radical (unpaired) electrons. The second-order valence-electron chi connectivity index (χ2n) is 5.69. The Kier molecular flexibility index (Phi) is 2.12. The van der Waals surface area contributed by atoms with Crippen LogP contribution in [-0.4, -0.2) is 12.2 Å². The Morgan fingerprint density at radius 3 is 2.50 bits per heavy atom. The van der Waals surface area contributed by atoms with Crippen LogP contribution in [0.4, 0.5) is 0 Å². The maximum absolute atomic E-state index is 6.17. The van der Waals surface area contributed by atoms with Gasteiger partial charge in [-0.1, -0.05) is 6.92 Å². The molecule has 0 aliphatic heterocycles. The van der Waals surface area contributed by atoms with Crippen LogP contribution in [0.25, 0.3) is 0 Å². The predicted molar refractivity (Wildman–Crippen MR) is 56.8 cm³/mol. The predicted octanol–water partition coefficient (Wildman–Crippen LogP) is 3.20. The minimum absolute atomic E-state index is 0.321. The van der Waals surface area contributed by atoms with E-state index in [0.717, 1.165) is 24.4 Å². The summed E-state index contributed by atoms with van der Waals surface area (Å²) in [5.74, 6) is 2.80. The third-order valence-electron chi connectivity index (χ3n) is 4.36. The van der Waals surface area contributed by atoms with Crippen molar-refractivity contribution < 1.29 is 4.74 Å². The largest absolute Gasteiger partial charge is 0.375 e. The Bertz CT molecular complexity index is 186. The molecular formula is C13H21O. The Labute approximate surface area is 87.2 Å². The Hall–Kier alpha value is -0.0400. The maximum Gasteiger partial charge on any atom is 0.0690 e. The van der Waals surface area contributed by atoms with Gasteiger partial charge in [-0.25, -0.2) is 0 Å². The molecule has 0 aromatic rings. The van der Waals surface area contributed by atoms with Crippen LogP contribution in [0.1, 0.15) is 45.4 Å². The van der Waals surface area contributed by atoms with Crippen molar-refractivity contribution in [3.63, 3.8) is 0 Å². The average Bonchev–Trinajstić information content (AvgIpc) is 2.12. The zero-order valence-corrected chi connectivity index (χ0v) is 9.17. The van der Waals surface area contributed by atoms with Crippen LogP contribution < -0.4 is 0 Å². The molecule has 0 amide bonds. The summed E-state index contributed by atoms with van der Waals surface area (Å²) >= 11 is 0. The summed E-state index contributed by atoms with van der Waals surface area (Å²) in [6.07, 6.45) is 10.8. The van der Waals surface area contributed by atoms with Crippen molar-refractivity contribution in [3.8, 4) is 0 Å². The molecule has 0 heterocycles. The van der Waals surface area contributed by atoms with Crippen LogP contribution in [0.3, 0.4) is 0 Å². The van der Waals surface area contributed by atoms with E-state index in [1.54, 1.807) is 0 Å². The van der Waals surface area contributed by atoms with E-state index in [0.29, 0.717) is 5.60 Å². The first-order chi connectivity index (χ1) is 6.80. The van der Waals surface area contributed by atoms with E-state index in [9.17, 15) is 0 Å². The summed E-state index contributed by atoms with van der Waals surface area (Å²) in [4.78, 5) is 0. The molecule has 1 heteroatoms. The molecular weight excluding hydrogens is 172 g/mol. The molecule has 0 aromatic carbocycles. The van der Waals surface area contributed by atoms with Crippen LogP contribution in [0, 0.1) is 24.2 Å². The summed E-state index contributed by atoms with van der Waals surface area (Å²) in [5.41, 5.74) is 0.321. The lowest BCUT2D eigenvalue weighted by molar-refractivity contribution is -0.145. The molecule has 1 nitrogen and oxygen atoms in total. The molecule has 4 atom stereocenters. The monoisotopic (exact) mass is 193 g/mol. The van der Waals surface area contributed by atoms with Crippen molar-refractivity contribution in [1.82, 2.24) is 0 Å². The van der Waals surface area contributed by atoms with Gasteiger partial charge in [-0.05, 0) is 62.7 Å². The summed E-state index contributed by atoms with van der Waals surface area (Å²) in [7, 11) is 0. The summed E-state index contributed by atoms with van der Waals surface area (Å²) in [5, 5.41) is 0. The van der Waals surface area contributed by atoms with Gasteiger partial charge in [0, 0.05) is 6.61 Å². The van der Waals surface area contributed by atoms with Gasteiger partial charge in [0.1, 0.15) is 0 Å². The lowest BCUT2D eigenvalue weighted by Gasteiger charge is -2.56. The third-order valence-corrected chi connectivity index (χ3v) is 4.36. The van der Waals surface area contributed by atoms with Crippen LogP contribution in [0.5, 0.6) is 0 Å². The molecule has 4 saturated carbocycles. The van der Waals surface area contributed by atoms with Crippen molar-refractivity contribution >= 4 is 0 Å². The topological polar surface area (TPSA) is 9.23 Å². The quantitative estimate of drug-likeness (QED) is 0.669. The van der Waals surface area contributed by atoms with Crippen LogP contribution >= 0.6 is 0 Å². The van der Waals surface area contributed by atoms with Crippen molar-refractivity contribution in [2.75, 3.05) is 6.61 Å². The Morgan fingerprint density at radius 2 is 1.93 bits per heavy atom. The van der Waals surface area contributed by atoms with E-state index in [1.807, 2.05) is 0 Å². The van der Waals surface area contributed by atoms with Crippen molar-refractivity contribution in [3.05, 3.63) is 6.42 Å². The minimum atomic E-state index is 0.321. The van der Waals surface area contributed by atoms with E-state index < -0.39 is 0 Å². The third kappa shape index (κ3) is 1.41. The van der Waals surface area contributed by atoms with E-state index in [-0.39, 0.29) is 0 Å². The normalized spacial score (nSPS) is 49.9. The number of rotatable bonds is 3. The van der Waals surface area contributed by atoms with Gasteiger partial charge >= 0.3 is 0 Å². The molecule has 0 spiro atoms. The fraction of sp³-hybridized carbons (Fsp3) is 0.923. The zero-order valence-electron chi connectivity index (χ0n) is 9.17. The lowest BCUT2D eigenvalue weighted by Crippen LogP contribution is -2.52. The molecule has 4 aliphatic carbocycles. The highest BCUT2D eigenvalue weighted by Crippen LogP contribution is 2.56. The fourth-order valence-corrected chi connectivity index (χ4v) is 4.19. The lowest BCUT2D eigenvalue weighted by atomic mass is 9.54. The highest BCUT2D eigenvalue weighted by atomic mass is 16.5. The number of hydrogen-bond donors (Lipinski definition) is 0. The summed E-state index contributed by atoms with van der Waals surface area (Å²) in [6.45, 7) is 3.19. The van der Waals surface area contributed by atoms with Gasteiger partial charge in [0.15, 0.2) is 0 Å². The second kappa shape index (κ2) is 3.23. The van der Waals surface area contributed by atoms with Crippen molar-refractivity contribution in [1.29, 1.82) is 0 Å². The van der Waals surface area contributed by atoms with Gasteiger partial charge < -0.3 is 4.74 Å². The molecule has 4 fully saturated rings. The number of ether oxygens (including phenoxy) is 1. The first kappa shape index (κ1) is 9.21. The highest BCUT2D eigenvalue weighted by Gasteiger charge is 2.51. The molecule has 0 aromatic heterocycles. The molecule has 4 bridgehead atoms. The molecule has 4 aliphatic rings. The Balaban J connectivity index is 1.74. The molecule has 0 N–H and O–H groups in total. The summed E-state index contributed by atoms with van der Waals surface area (Å²) in [6, 6.07) is 0. The molecule has 0 saturated heterocycles. The zero-order chi connectivity index (χ0) is 9.60. The van der Waals surface area contributed by atoms with Gasteiger partial charge in [-0.3, -0.25) is 0 Å². The summed E-state index contributed by atoms with van der Waals surface area (Å²) < 4.78 is 6.17. The Morgan fingerprint density at radius 1 is 1.21 bits per heavy atom. The van der Waals surface area contributed by atoms with E-state index in [1.165, 1.54) is 38.5 Å². The van der Waals surface area contributed by atoms with Crippen LogP contribution in [0.2, 0.25) is 0 Å². The van der Waals surface area contributed by atoms with Gasteiger partial charge in [0.2, 0.25) is 0 Å². The highest BCUT2D eigenvalue weighted by molar-refractivity contribution is 5.09. The van der Waals surface area contributed by atoms with E-state index >= 15 is 0 Å². The van der Waals surface area contributed by atoms with E-state index in [4.69, 9.17) is 4.74 Å². The number of hydrogen-bond acceptors (Lipinski definition) is 1. The van der Waals surface area contributed by atoms with Gasteiger partial charge in [0.05, 0.1) is 5.60 Å². The first-order valence-corrected chi connectivity index (χ1v) is 6.28. The smallest absolute Gasteiger partial charge is 0.0690 e. The van der Waals surface area contributed by atoms with E-state index in [2.05, 4.69) is 13.3 Å². The van der Waals surface area contributed by atoms with Crippen LogP contribution in [0.15, 0.2) is 0 Å². The SMILES string of the molecule is CCCOC12CC3C[C@@H]([CH][C@@H](C3)C1)C2. The molecule has 79 valence electrons. The molecule has 14 heavy (non-hydrogen) atoms. The van der Waals surface area contributed by atoms with Gasteiger partial charge in [-0.15, -0.1) is 0 Å². The standard InChI is InChI=1S/C13H21O/c1-2-3-14-13-7-10-4-11(8-13)6-12(5-10)9-13/h4,10-12H,2-3,5-9H2,1H3/t10-,11+,12?,13?. The average molecular weight is 193 g/mol. The molecule has 2 unspecified atom stereocenters. The van der Waals surface area contributed by atoms with Gasteiger partial charge in [0.25, 0.3) is 0 Å². The second-order valence-corrected chi connectivity index (χ2v) is 5.69. The maximum atomic E-state index is 6.17.